The topological polar surface area (TPSA) is 52.6 Å². The van der Waals surface area contributed by atoms with E-state index in [0.29, 0.717) is 11.4 Å². The van der Waals surface area contributed by atoms with Crippen LogP contribution in [0, 0.1) is 0 Å². The van der Waals surface area contributed by atoms with Crippen LogP contribution in [0.25, 0.3) is 0 Å². The van der Waals surface area contributed by atoms with Crippen molar-refractivity contribution in [3.8, 4) is 0 Å². The molecule has 21 heavy (non-hydrogen) atoms. The maximum absolute atomic E-state index is 12.2. The summed E-state index contributed by atoms with van der Waals surface area (Å²) in [4.78, 5) is 28.7. The van der Waals surface area contributed by atoms with E-state index in [9.17, 15) is 9.59 Å². The van der Waals surface area contributed by atoms with Crippen LogP contribution in [0.4, 0.5) is 0 Å². The molecule has 0 radical (unpaired) electrons. The second-order valence-corrected chi connectivity index (χ2v) is 5.93. The summed E-state index contributed by atoms with van der Waals surface area (Å²) in [6.45, 7) is 7.97. The quantitative estimate of drug-likeness (QED) is 0.832. The highest BCUT2D eigenvalue weighted by molar-refractivity contribution is 7.12. The highest BCUT2D eigenvalue weighted by atomic mass is 32.1. The molecule has 1 aromatic heterocycles. The summed E-state index contributed by atoms with van der Waals surface area (Å²) >= 11 is 1.37. The third kappa shape index (κ3) is 4.68. The van der Waals surface area contributed by atoms with E-state index < -0.39 is 0 Å². The van der Waals surface area contributed by atoms with Gasteiger partial charge >= 0.3 is 0 Å². The molecule has 0 aromatic carbocycles. The summed E-state index contributed by atoms with van der Waals surface area (Å²) in [5, 5.41) is 4.54. The standard InChI is InChI=1S/C15H21N3O2S/c1-2-6-17-7-4-8-18(10-9-17)14(19)12-16-15(20)13-5-3-11-21-13/h2-3,5,11H,1,4,6-10,12H2,(H,16,20). The minimum absolute atomic E-state index is 0.0136. The molecular formula is C15H21N3O2S. The number of nitrogens with zero attached hydrogens (tertiary/aromatic N) is 2. The average molecular weight is 307 g/mol. The number of hydrogen-bond donors (Lipinski definition) is 1. The first-order valence-electron chi connectivity index (χ1n) is 7.13. The minimum Gasteiger partial charge on any atom is -0.342 e. The van der Waals surface area contributed by atoms with Crippen LogP contribution in [0.3, 0.4) is 0 Å². The fraction of sp³-hybridized carbons (Fsp3) is 0.467. The fourth-order valence-corrected chi connectivity index (χ4v) is 2.99. The van der Waals surface area contributed by atoms with E-state index in [1.165, 1.54) is 11.3 Å². The molecule has 6 heteroatoms. The Morgan fingerprint density at radius 2 is 2.19 bits per heavy atom. The molecule has 2 heterocycles. The van der Waals surface area contributed by atoms with Crippen LogP contribution in [-0.4, -0.2) is 60.9 Å². The van der Waals surface area contributed by atoms with Crippen molar-refractivity contribution in [1.82, 2.24) is 15.1 Å². The molecule has 1 N–H and O–H groups in total. The molecule has 1 saturated heterocycles. The summed E-state index contributed by atoms with van der Waals surface area (Å²) in [5.74, 6) is -0.193. The van der Waals surface area contributed by atoms with E-state index in [2.05, 4.69) is 16.8 Å². The lowest BCUT2D eigenvalue weighted by Gasteiger charge is -2.21. The molecule has 0 spiro atoms. The van der Waals surface area contributed by atoms with Crippen LogP contribution in [0.1, 0.15) is 16.1 Å². The van der Waals surface area contributed by atoms with E-state index in [1.54, 1.807) is 6.07 Å². The Bertz CT molecular complexity index is 487. The molecule has 5 nitrogen and oxygen atoms in total. The number of thiophene rings is 1. The van der Waals surface area contributed by atoms with Crippen LogP contribution < -0.4 is 5.32 Å². The van der Waals surface area contributed by atoms with Crippen molar-refractivity contribution in [1.29, 1.82) is 0 Å². The van der Waals surface area contributed by atoms with Gasteiger partial charge in [-0.15, -0.1) is 17.9 Å². The second kappa shape index (κ2) is 7.95. The molecule has 0 aliphatic carbocycles. The van der Waals surface area contributed by atoms with Gasteiger partial charge < -0.3 is 10.2 Å². The lowest BCUT2D eigenvalue weighted by molar-refractivity contribution is -0.129. The average Bonchev–Trinajstić information content (AvgIpc) is 2.92. The molecule has 114 valence electrons. The fourth-order valence-electron chi connectivity index (χ4n) is 2.35. The van der Waals surface area contributed by atoms with Gasteiger partial charge in [-0.05, 0) is 17.9 Å². The summed E-state index contributed by atoms with van der Waals surface area (Å²) in [6.07, 6.45) is 2.84. The molecular weight excluding hydrogens is 286 g/mol. The monoisotopic (exact) mass is 307 g/mol. The van der Waals surface area contributed by atoms with E-state index >= 15 is 0 Å². The number of rotatable bonds is 5. The van der Waals surface area contributed by atoms with Gasteiger partial charge in [-0.2, -0.15) is 0 Å². The summed E-state index contributed by atoms with van der Waals surface area (Å²) in [6, 6.07) is 3.58. The van der Waals surface area contributed by atoms with E-state index in [0.717, 1.165) is 32.6 Å². The summed E-state index contributed by atoms with van der Waals surface area (Å²) in [5.41, 5.74) is 0. The van der Waals surface area contributed by atoms with Crippen molar-refractivity contribution >= 4 is 23.2 Å². The molecule has 0 saturated carbocycles. The molecule has 1 aromatic rings. The highest BCUT2D eigenvalue weighted by Gasteiger charge is 2.19. The zero-order valence-corrected chi connectivity index (χ0v) is 12.9. The Labute approximate surface area is 129 Å². The molecule has 2 amide bonds. The van der Waals surface area contributed by atoms with Crippen LogP contribution in [0.2, 0.25) is 0 Å². The van der Waals surface area contributed by atoms with Crippen molar-refractivity contribution in [3.05, 3.63) is 35.0 Å². The Balaban J connectivity index is 1.78. The smallest absolute Gasteiger partial charge is 0.261 e. The molecule has 1 aliphatic rings. The zero-order valence-electron chi connectivity index (χ0n) is 12.1. The van der Waals surface area contributed by atoms with Crippen LogP contribution in [0.5, 0.6) is 0 Å². The van der Waals surface area contributed by atoms with Crippen molar-refractivity contribution in [3.63, 3.8) is 0 Å². The predicted molar refractivity (Wildman–Crippen MR) is 84.5 cm³/mol. The van der Waals surface area contributed by atoms with Gasteiger partial charge in [0.1, 0.15) is 0 Å². The maximum Gasteiger partial charge on any atom is 0.261 e. The lowest BCUT2D eigenvalue weighted by Crippen LogP contribution is -2.41. The van der Waals surface area contributed by atoms with Gasteiger partial charge in [0.2, 0.25) is 5.91 Å². The van der Waals surface area contributed by atoms with Crippen LogP contribution in [0.15, 0.2) is 30.2 Å². The van der Waals surface area contributed by atoms with Crippen molar-refractivity contribution in [2.75, 3.05) is 39.3 Å². The number of hydrogen-bond acceptors (Lipinski definition) is 4. The van der Waals surface area contributed by atoms with Gasteiger partial charge in [-0.25, -0.2) is 0 Å². The van der Waals surface area contributed by atoms with Gasteiger partial charge in [-0.3, -0.25) is 14.5 Å². The first-order valence-corrected chi connectivity index (χ1v) is 8.01. The van der Waals surface area contributed by atoms with Crippen molar-refractivity contribution in [2.24, 2.45) is 0 Å². The Kier molecular flexibility index (Phi) is 5.95. The lowest BCUT2D eigenvalue weighted by atomic mass is 10.3. The first kappa shape index (κ1) is 15.7. The maximum atomic E-state index is 12.2. The number of carbonyl (C=O) groups excluding carboxylic acids is 2. The van der Waals surface area contributed by atoms with Gasteiger partial charge in [0, 0.05) is 32.7 Å². The first-order chi connectivity index (χ1) is 10.2. The largest absolute Gasteiger partial charge is 0.342 e. The molecule has 0 bridgehead atoms. The molecule has 1 fully saturated rings. The molecule has 2 rings (SSSR count). The molecule has 0 atom stereocenters. The van der Waals surface area contributed by atoms with Gasteiger partial charge in [0.25, 0.3) is 5.91 Å². The number of amides is 2. The second-order valence-electron chi connectivity index (χ2n) is 4.98. The number of nitrogens with one attached hydrogen (secondary N) is 1. The third-order valence-electron chi connectivity index (χ3n) is 3.47. The normalized spacial score (nSPS) is 16.3. The third-order valence-corrected chi connectivity index (χ3v) is 4.34. The Hall–Kier alpha value is -1.66. The van der Waals surface area contributed by atoms with Crippen LogP contribution in [-0.2, 0) is 4.79 Å². The number of carbonyl (C=O) groups is 2. The van der Waals surface area contributed by atoms with E-state index in [4.69, 9.17) is 0 Å². The van der Waals surface area contributed by atoms with Gasteiger partial charge in [0.05, 0.1) is 11.4 Å². The SMILES string of the molecule is C=CCN1CCCN(C(=O)CNC(=O)c2cccs2)CC1. The van der Waals surface area contributed by atoms with Gasteiger partial charge in [0.15, 0.2) is 0 Å². The summed E-state index contributed by atoms with van der Waals surface area (Å²) in [7, 11) is 0. The van der Waals surface area contributed by atoms with E-state index in [1.807, 2.05) is 22.4 Å². The van der Waals surface area contributed by atoms with Crippen molar-refractivity contribution in [2.45, 2.75) is 6.42 Å². The van der Waals surface area contributed by atoms with Gasteiger partial charge in [-0.1, -0.05) is 12.1 Å². The zero-order chi connectivity index (χ0) is 15.1. The molecule has 1 aliphatic heterocycles. The van der Waals surface area contributed by atoms with E-state index in [-0.39, 0.29) is 18.4 Å². The molecule has 0 unspecified atom stereocenters. The minimum atomic E-state index is -0.179. The Morgan fingerprint density at radius 3 is 2.90 bits per heavy atom. The highest BCUT2D eigenvalue weighted by Crippen LogP contribution is 2.08. The van der Waals surface area contributed by atoms with Crippen LogP contribution >= 0.6 is 11.3 Å². The predicted octanol–water partition coefficient (Wildman–Crippen LogP) is 1.20. The Morgan fingerprint density at radius 1 is 1.33 bits per heavy atom. The van der Waals surface area contributed by atoms with Crippen molar-refractivity contribution < 1.29 is 9.59 Å². The summed E-state index contributed by atoms with van der Waals surface area (Å²) < 4.78 is 0.